The lowest BCUT2D eigenvalue weighted by Gasteiger charge is -2.41. The quantitative estimate of drug-likeness (QED) is 0.831. The molecular weight excluding hydrogens is 328 g/mol. The van der Waals surface area contributed by atoms with Crippen LogP contribution < -0.4 is 0 Å². The molecule has 1 aromatic heterocycles. The molecular formula is C21H30N2O3. The van der Waals surface area contributed by atoms with E-state index in [1.807, 2.05) is 32.9 Å². The maximum atomic E-state index is 9.97. The number of hydrogen-bond donors (Lipinski definition) is 2. The number of aliphatic hydroxyl groups excluding tert-OH is 1. The number of furan rings is 1. The van der Waals surface area contributed by atoms with E-state index in [1.54, 1.807) is 0 Å². The monoisotopic (exact) mass is 358 g/mol. The van der Waals surface area contributed by atoms with Crippen LogP contribution in [0, 0.1) is 20.8 Å². The molecule has 2 heterocycles. The summed E-state index contributed by atoms with van der Waals surface area (Å²) in [5.74, 6) is 2.32. The summed E-state index contributed by atoms with van der Waals surface area (Å²) < 4.78 is 5.73. The zero-order valence-electron chi connectivity index (χ0n) is 16.0. The van der Waals surface area contributed by atoms with Crippen molar-refractivity contribution in [2.24, 2.45) is 0 Å². The Labute approximate surface area is 155 Å². The number of aliphatic hydroxyl groups is 1. The fraction of sp³-hybridized carbons (Fsp3) is 0.524. The fourth-order valence-corrected chi connectivity index (χ4v) is 3.90. The molecule has 0 radical (unpaired) electrons. The van der Waals surface area contributed by atoms with Gasteiger partial charge in [-0.25, -0.2) is 0 Å². The molecule has 5 heteroatoms. The van der Waals surface area contributed by atoms with Gasteiger partial charge < -0.3 is 14.6 Å². The van der Waals surface area contributed by atoms with Crippen molar-refractivity contribution in [1.29, 1.82) is 0 Å². The van der Waals surface area contributed by atoms with Gasteiger partial charge in [0.1, 0.15) is 17.3 Å². The first-order chi connectivity index (χ1) is 12.5. The minimum atomic E-state index is 0.198. The molecule has 1 aliphatic heterocycles. The fourth-order valence-electron chi connectivity index (χ4n) is 3.90. The molecule has 142 valence electrons. The van der Waals surface area contributed by atoms with Gasteiger partial charge in [0.15, 0.2) is 0 Å². The summed E-state index contributed by atoms with van der Waals surface area (Å²) in [6.07, 6.45) is 0.768. The predicted molar refractivity (Wildman–Crippen MR) is 102 cm³/mol. The minimum absolute atomic E-state index is 0.198. The Morgan fingerprint density at radius 2 is 1.81 bits per heavy atom. The second-order valence-electron chi connectivity index (χ2n) is 7.46. The van der Waals surface area contributed by atoms with Crippen molar-refractivity contribution >= 4 is 0 Å². The number of phenolic OH excluding ortho intramolecular Hbond substituents is 1. The molecule has 5 nitrogen and oxygen atoms in total. The maximum absolute atomic E-state index is 9.97. The molecule has 0 spiro atoms. The topological polar surface area (TPSA) is 60.1 Å². The van der Waals surface area contributed by atoms with Gasteiger partial charge in [0, 0.05) is 38.8 Å². The number of aryl methyl sites for hydroxylation is 3. The van der Waals surface area contributed by atoms with Crippen LogP contribution in [0.1, 0.15) is 34.6 Å². The van der Waals surface area contributed by atoms with Crippen molar-refractivity contribution in [2.45, 2.75) is 46.3 Å². The van der Waals surface area contributed by atoms with Crippen molar-refractivity contribution in [3.63, 3.8) is 0 Å². The normalized spacial score (nSPS) is 19.2. The van der Waals surface area contributed by atoms with Gasteiger partial charge in [0.05, 0.1) is 6.54 Å². The van der Waals surface area contributed by atoms with Crippen LogP contribution >= 0.6 is 0 Å². The molecule has 2 N–H and O–H groups in total. The molecule has 1 saturated heterocycles. The SMILES string of the molecule is Cc1ccc(CN2CCN(Cc3cc(C)c(O)c(C)c3)C[C@@H]2CCO)o1. The molecule has 3 rings (SSSR count). The van der Waals surface area contributed by atoms with Crippen LogP contribution in [0.4, 0.5) is 0 Å². The standard InChI is InChI=1S/C21H30N2O3/c1-15-10-18(11-16(2)21(15)25)12-22-7-8-23(19(13-22)6-9-24)14-20-5-4-17(3)26-20/h4-5,10-11,19,24-25H,6-9,12-14H2,1-3H3/t19-/m0/s1. The van der Waals surface area contributed by atoms with Crippen LogP contribution in [0.3, 0.4) is 0 Å². The maximum Gasteiger partial charge on any atom is 0.121 e. The lowest BCUT2D eigenvalue weighted by molar-refractivity contribution is 0.0454. The van der Waals surface area contributed by atoms with Crippen molar-refractivity contribution in [2.75, 3.05) is 26.2 Å². The summed E-state index contributed by atoms with van der Waals surface area (Å²) in [4.78, 5) is 4.85. The van der Waals surface area contributed by atoms with E-state index in [4.69, 9.17) is 4.42 Å². The van der Waals surface area contributed by atoms with Crippen molar-refractivity contribution in [1.82, 2.24) is 9.80 Å². The third-order valence-electron chi connectivity index (χ3n) is 5.26. The van der Waals surface area contributed by atoms with E-state index in [-0.39, 0.29) is 6.61 Å². The number of hydrogen-bond acceptors (Lipinski definition) is 5. The Hall–Kier alpha value is -1.82. The smallest absolute Gasteiger partial charge is 0.121 e. The summed E-state index contributed by atoms with van der Waals surface area (Å²) >= 11 is 0. The molecule has 0 bridgehead atoms. The summed E-state index contributed by atoms with van der Waals surface area (Å²) in [5, 5.41) is 19.5. The number of piperazine rings is 1. The lowest BCUT2D eigenvalue weighted by Crippen LogP contribution is -2.52. The number of phenols is 1. The van der Waals surface area contributed by atoms with Gasteiger partial charge in [-0.2, -0.15) is 0 Å². The van der Waals surface area contributed by atoms with Crippen LogP contribution in [0.2, 0.25) is 0 Å². The van der Waals surface area contributed by atoms with E-state index >= 15 is 0 Å². The Balaban J connectivity index is 1.65. The Bertz CT molecular complexity index is 718. The highest BCUT2D eigenvalue weighted by Crippen LogP contribution is 2.25. The van der Waals surface area contributed by atoms with Gasteiger partial charge in [-0.1, -0.05) is 12.1 Å². The highest BCUT2D eigenvalue weighted by Gasteiger charge is 2.27. The number of aromatic hydroxyl groups is 1. The molecule has 1 atom stereocenters. The van der Waals surface area contributed by atoms with Crippen molar-refractivity contribution in [3.8, 4) is 5.75 Å². The van der Waals surface area contributed by atoms with E-state index in [1.165, 1.54) is 5.56 Å². The van der Waals surface area contributed by atoms with Gasteiger partial charge in [-0.3, -0.25) is 9.80 Å². The number of benzene rings is 1. The molecule has 26 heavy (non-hydrogen) atoms. The van der Waals surface area contributed by atoms with Gasteiger partial charge in [-0.05, 0) is 56.0 Å². The number of rotatable bonds is 6. The van der Waals surface area contributed by atoms with Crippen LogP contribution in [-0.4, -0.2) is 52.3 Å². The third kappa shape index (κ3) is 4.47. The summed E-state index contributed by atoms with van der Waals surface area (Å²) in [6, 6.07) is 8.50. The molecule has 1 aromatic carbocycles. The summed E-state index contributed by atoms with van der Waals surface area (Å²) in [5.41, 5.74) is 3.09. The van der Waals surface area contributed by atoms with E-state index < -0.39 is 0 Å². The summed E-state index contributed by atoms with van der Waals surface area (Å²) in [6.45, 7) is 10.6. The predicted octanol–water partition coefficient (Wildman–Crippen LogP) is 2.98. The Morgan fingerprint density at radius 1 is 1.08 bits per heavy atom. The zero-order chi connectivity index (χ0) is 18.7. The van der Waals surface area contributed by atoms with E-state index in [0.717, 1.165) is 61.8 Å². The third-order valence-corrected chi connectivity index (χ3v) is 5.26. The molecule has 1 fully saturated rings. The molecule has 0 saturated carbocycles. The van der Waals surface area contributed by atoms with Gasteiger partial charge in [0.25, 0.3) is 0 Å². The highest BCUT2D eigenvalue weighted by atomic mass is 16.3. The first kappa shape index (κ1) is 19.0. The van der Waals surface area contributed by atoms with Crippen LogP contribution in [0.15, 0.2) is 28.7 Å². The molecule has 2 aromatic rings. The van der Waals surface area contributed by atoms with Crippen LogP contribution in [-0.2, 0) is 13.1 Å². The van der Waals surface area contributed by atoms with Gasteiger partial charge in [-0.15, -0.1) is 0 Å². The van der Waals surface area contributed by atoms with Crippen LogP contribution in [0.5, 0.6) is 5.75 Å². The zero-order valence-corrected chi connectivity index (χ0v) is 16.0. The van der Waals surface area contributed by atoms with E-state index in [2.05, 4.69) is 21.9 Å². The largest absolute Gasteiger partial charge is 0.507 e. The number of nitrogens with zero attached hydrogens (tertiary/aromatic N) is 2. The average Bonchev–Trinajstić information content (AvgIpc) is 3.00. The van der Waals surface area contributed by atoms with Crippen LogP contribution in [0.25, 0.3) is 0 Å². The molecule has 1 aliphatic rings. The second kappa shape index (κ2) is 8.25. The second-order valence-corrected chi connectivity index (χ2v) is 7.46. The van der Waals surface area contributed by atoms with E-state index in [9.17, 15) is 10.2 Å². The summed E-state index contributed by atoms with van der Waals surface area (Å²) in [7, 11) is 0. The van der Waals surface area contributed by atoms with Gasteiger partial charge >= 0.3 is 0 Å². The van der Waals surface area contributed by atoms with Gasteiger partial charge in [0.2, 0.25) is 0 Å². The first-order valence-corrected chi connectivity index (χ1v) is 9.38. The minimum Gasteiger partial charge on any atom is -0.507 e. The Kier molecular flexibility index (Phi) is 6.01. The van der Waals surface area contributed by atoms with E-state index in [0.29, 0.717) is 11.8 Å². The average molecular weight is 358 g/mol. The van der Waals surface area contributed by atoms with Crippen molar-refractivity contribution in [3.05, 3.63) is 52.5 Å². The molecule has 0 amide bonds. The highest BCUT2D eigenvalue weighted by molar-refractivity contribution is 5.42. The Morgan fingerprint density at radius 3 is 2.42 bits per heavy atom. The molecule has 0 aliphatic carbocycles. The first-order valence-electron chi connectivity index (χ1n) is 9.38. The molecule has 0 unspecified atom stereocenters. The van der Waals surface area contributed by atoms with Crippen molar-refractivity contribution < 1.29 is 14.6 Å². The lowest BCUT2D eigenvalue weighted by atomic mass is 10.0.